The first-order valence-corrected chi connectivity index (χ1v) is 10.8. The van der Waals surface area contributed by atoms with Crippen molar-refractivity contribution in [3.05, 3.63) is 23.8 Å². The number of aliphatic imine (C=N–C) groups is 1. The second-order valence-corrected chi connectivity index (χ2v) is 8.25. The Morgan fingerprint density at radius 2 is 2.11 bits per heavy atom. The summed E-state index contributed by atoms with van der Waals surface area (Å²) < 4.78 is 10.8. The average molecular weight is 389 g/mol. The summed E-state index contributed by atoms with van der Waals surface area (Å²) in [6.45, 7) is 13.3. The van der Waals surface area contributed by atoms with E-state index in [9.17, 15) is 0 Å². The van der Waals surface area contributed by atoms with Gasteiger partial charge in [0.15, 0.2) is 17.5 Å². The minimum Gasteiger partial charge on any atom is -0.454 e. The van der Waals surface area contributed by atoms with Crippen molar-refractivity contribution < 1.29 is 9.47 Å². The van der Waals surface area contributed by atoms with E-state index in [0.29, 0.717) is 12.7 Å². The van der Waals surface area contributed by atoms with Gasteiger partial charge >= 0.3 is 0 Å². The smallest absolute Gasteiger partial charge is 0.231 e. The van der Waals surface area contributed by atoms with Gasteiger partial charge in [0.1, 0.15) is 0 Å². The molecule has 6 heteroatoms. The summed E-state index contributed by atoms with van der Waals surface area (Å²) in [7, 11) is 0. The predicted molar refractivity (Wildman–Crippen MR) is 114 cm³/mol. The molecule has 1 aromatic rings. The van der Waals surface area contributed by atoms with Crippen LogP contribution in [0, 0.1) is 11.8 Å². The minimum absolute atomic E-state index is 0.323. The Hall–Kier alpha value is -1.95. The van der Waals surface area contributed by atoms with E-state index in [2.05, 4.69) is 48.4 Å². The Kier molecular flexibility index (Phi) is 7.83. The lowest BCUT2D eigenvalue weighted by atomic mass is 9.97. The van der Waals surface area contributed by atoms with E-state index < -0.39 is 0 Å². The van der Waals surface area contributed by atoms with Crippen LogP contribution in [-0.4, -0.2) is 56.9 Å². The first-order chi connectivity index (χ1) is 13.6. The van der Waals surface area contributed by atoms with Crippen molar-refractivity contribution in [3.8, 4) is 11.5 Å². The van der Waals surface area contributed by atoms with Crippen LogP contribution in [0.3, 0.4) is 0 Å². The maximum atomic E-state index is 5.46. The minimum atomic E-state index is 0.323. The maximum Gasteiger partial charge on any atom is 0.231 e. The molecule has 6 nitrogen and oxygen atoms in total. The third-order valence-corrected chi connectivity index (χ3v) is 5.22. The van der Waals surface area contributed by atoms with Crippen LogP contribution >= 0.6 is 0 Å². The largest absolute Gasteiger partial charge is 0.454 e. The van der Waals surface area contributed by atoms with Crippen molar-refractivity contribution in [1.82, 2.24) is 15.5 Å². The van der Waals surface area contributed by atoms with Crippen molar-refractivity contribution >= 4 is 5.96 Å². The highest BCUT2D eigenvalue weighted by Gasteiger charge is 2.20. The number of piperidine rings is 1. The van der Waals surface area contributed by atoms with Gasteiger partial charge in [0.2, 0.25) is 6.79 Å². The van der Waals surface area contributed by atoms with Gasteiger partial charge in [0, 0.05) is 32.7 Å². The van der Waals surface area contributed by atoms with Crippen LogP contribution in [0.5, 0.6) is 11.5 Å². The first-order valence-electron chi connectivity index (χ1n) is 10.8. The molecule has 1 atom stereocenters. The second kappa shape index (κ2) is 10.6. The molecule has 1 unspecified atom stereocenters. The van der Waals surface area contributed by atoms with E-state index in [0.717, 1.165) is 49.4 Å². The van der Waals surface area contributed by atoms with Crippen molar-refractivity contribution in [2.24, 2.45) is 16.8 Å². The fourth-order valence-electron chi connectivity index (χ4n) is 3.97. The molecule has 2 aliphatic rings. The summed E-state index contributed by atoms with van der Waals surface area (Å²) >= 11 is 0. The molecule has 0 bridgehead atoms. The van der Waals surface area contributed by atoms with E-state index in [4.69, 9.17) is 14.5 Å². The number of benzene rings is 1. The Balaban J connectivity index is 1.46. The number of hydrogen-bond acceptors (Lipinski definition) is 4. The van der Waals surface area contributed by atoms with Crippen molar-refractivity contribution in [2.75, 3.05) is 46.1 Å². The molecule has 0 amide bonds. The zero-order valence-electron chi connectivity index (χ0n) is 17.7. The molecule has 2 N–H and O–H groups in total. The van der Waals surface area contributed by atoms with Crippen LogP contribution in [0.25, 0.3) is 0 Å². The van der Waals surface area contributed by atoms with Gasteiger partial charge in [-0.25, -0.2) is 0 Å². The lowest BCUT2D eigenvalue weighted by Crippen LogP contribution is -2.41. The topological polar surface area (TPSA) is 58.1 Å². The van der Waals surface area contributed by atoms with Gasteiger partial charge in [-0.15, -0.1) is 0 Å². The Bertz CT molecular complexity index is 647. The standard InChI is InChI=1S/C22H36N4O2/c1-4-23-22(25-13-19-6-5-11-26(15-19)14-17(2)3)24-10-9-18-7-8-20-21(12-18)28-16-27-20/h7-8,12,17,19H,4-6,9-11,13-16H2,1-3H3,(H2,23,24,25). The normalized spacial score (nSPS) is 19.9. The number of fused-ring (bicyclic) bond motifs is 1. The fourth-order valence-corrected chi connectivity index (χ4v) is 3.97. The van der Waals surface area contributed by atoms with Gasteiger partial charge in [0.25, 0.3) is 0 Å². The molecule has 156 valence electrons. The van der Waals surface area contributed by atoms with Crippen LogP contribution in [0.15, 0.2) is 23.2 Å². The molecule has 0 spiro atoms. The number of guanidine groups is 1. The van der Waals surface area contributed by atoms with Gasteiger partial charge in [-0.3, -0.25) is 4.99 Å². The van der Waals surface area contributed by atoms with E-state index in [1.807, 2.05) is 6.07 Å². The molecule has 2 heterocycles. The van der Waals surface area contributed by atoms with E-state index in [1.54, 1.807) is 0 Å². The molecule has 0 aromatic heterocycles. The molecule has 0 aliphatic carbocycles. The SMILES string of the molecule is CCNC(=NCC1CCCN(CC(C)C)C1)NCCc1ccc2c(c1)OCO2. The molecule has 2 aliphatic heterocycles. The highest BCUT2D eigenvalue weighted by Crippen LogP contribution is 2.32. The zero-order valence-corrected chi connectivity index (χ0v) is 17.7. The molecule has 0 saturated carbocycles. The van der Waals surface area contributed by atoms with Gasteiger partial charge in [-0.2, -0.15) is 0 Å². The number of likely N-dealkylation sites (tertiary alicyclic amines) is 1. The Labute approximate surface area is 169 Å². The number of nitrogens with zero attached hydrogens (tertiary/aromatic N) is 2. The third kappa shape index (κ3) is 6.30. The van der Waals surface area contributed by atoms with Crippen LogP contribution in [0.2, 0.25) is 0 Å². The summed E-state index contributed by atoms with van der Waals surface area (Å²) in [5.74, 6) is 4.00. The first kappa shape index (κ1) is 20.8. The molecular formula is C22H36N4O2. The molecule has 28 heavy (non-hydrogen) atoms. The lowest BCUT2D eigenvalue weighted by molar-refractivity contribution is 0.162. The lowest BCUT2D eigenvalue weighted by Gasteiger charge is -2.33. The van der Waals surface area contributed by atoms with E-state index >= 15 is 0 Å². The average Bonchev–Trinajstić information content (AvgIpc) is 3.14. The summed E-state index contributed by atoms with van der Waals surface area (Å²) in [6.07, 6.45) is 3.50. The summed E-state index contributed by atoms with van der Waals surface area (Å²) in [5.41, 5.74) is 1.24. The number of nitrogens with one attached hydrogen (secondary N) is 2. The third-order valence-electron chi connectivity index (χ3n) is 5.22. The summed E-state index contributed by atoms with van der Waals surface area (Å²) in [6, 6.07) is 6.16. The molecule has 1 saturated heterocycles. The summed E-state index contributed by atoms with van der Waals surface area (Å²) in [4.78, 5) is 7.47. The van der Waals surface area contributed by atoms with Gasteiger partial charge in [0.05, 0.1) is 0 Å². The number of rotatable bonds is 8. The monoisotopic (exact) mass is 388 g/mol. The molecule has 1 fully saturated rings. The molecule has 3 rings (SSSR count). The number of hydrogen-bond donors (Lipinski definition) is 2. The van der Waals surface area contributed by atoms with E-state index in [1.165, 1.54) is 38.0 Å². The molecule has 0 radical (unpaired) electrons. The highest BCUT2D eigenvalue weighted by molar-refractivity contribution is 5.79. The quantitative estimate of drug-likeness (QED) is 0.530. The Morgan fingerprint density at radius 3 is 2.93 bits per heavy atom. The molecular weight excluding hydrogens is 352 g/mol. The maximum absolute atomic E-state index is 5.46. The van der Waals surface area contributed by atoms with Crippen LogP contribution in [0.4, 0.5) is 0 Å². The Morgan fingerprint density at radius 1 is 1.25 bits per heavy atom. The number of ether oxygens (including phenoxy) is 2. The predicted octanol–water partition coefficient (Wildman–Crippen LogP) is 2.88. The van der Waals surface area contributed by atoms with Crippen LogP contribution < -0.4 is 20.1 Å². The molecule has 1 aromatic carbocycles. The zero-order chi connectivity index (χ0) is 19.8. The summed E-state index contributed by atoms with van der Waals surface area (Å²) in [5, 5.41) is 6.85. The fraction of sp³-hybridized carbons (Fsp3) is 0.682. The van der Waals surface area contributed by atoms with Crippen LogP contribution in [-0.2, 0) is 6.42 Å². The van der Waals surface area contributed by atoms with Gasteiger partial charge < -0.3 is 25.0 Å². The van der Waals surface area contributed by atoms with Crippen LogP contribution in [0.1, 0.15) is 39.2 Å². The van der Waals surface area contributed by atoms with E-state index in [-0.39, 0.29) is 0 Å². The van der Waals surface area contributed by atoms with Crippen molar-refractivity contribution in [2.45, 2.75) is 40.0 Å². The van der Waals surface area contributed by atoms with Crippen molar-refractivity contribution in [1.29, 1.82) is 0 Å². The van der Waals surface area contributed by atoms with Gasteiger partial charge in [-0.1, -0.05) is 19.9 Å². The highest BCUT2D eigenvalue weighted by atomic mass is 16.7. The van der Waals surface area contributed by atoms with Gasteiger partial charge in [-0.05, 0) is 62.3 Å². The second-order valence-electron chi connectivity index (χ2n) is 8.25. The van der Waals surface area contributed by atoms with Crippen molar-refractivity contribution in [3.63, 3.8) is 0 Å².